The van der Waals surface area contributed by atoms with Gasteiger partial charge in [0.2, 0.25) is 0 Å². The molecular weight excluding hydrogens is 254 g/mol. The zero-order valence-electron chi connectivity index (χ0n) is 13.0. The summed E-state index contributed by atoms with van der Waals surface area (Å²) in [5.74, 6) is 0.676. The van der Waals surface area contributed by atoms with Gasteiger partial charge in [0.1, 0.15) is 4.75 Å². The average Bonchev–Trinajstić information content (AvgIpc) is 2.27. The normalized spacial score (nSPS) is 15.6. The maximum absolute atomic E-state index is 12.1. The van der Waals surface area contributed by atoms with Crippen molar-refractivity contribution in [1.29, 1.82) is 0 Å². The molecule has 0 saturated heterocycles. The Morgan fingerprint density at radius 1 is 1.11 bits per heavy atom. The Labute approximate surface area is 121 Å². The number of hydrogen-bond acceptors (Lipinski definition) is 2. The molecule has 2 atom stereocenters. The molecule has 1 N–H and O–H groups in total. The minimum absolute atomic E-state index is 0.105. The van der Waals surface area contributed by atoms with E-state index in [-0.39, 0.29) is 10.8 Å². The van der Waals surface area contributed by atoms with Gasteiger partial charge in [-0.2, -0.15) is 0 Å². The first-order chi connectivity index (χ1) is 8.70. The Morgan fingerprint density at radius 3 is 2.05 bits per heavy atom. The Bertz CT molecular complexity index is 381. The maximum Gasteiger partial charge on any atom is 0.136 e. The second-order valence-corrected chi connectivity index (χ2v) is 8.56. The van der Waals surface area contributed by atoms with Gasteiger partial charge in [0.05, 0.1) is 6.04 Å². The van der Waals surface area contributed by atoms with Crippen LogP contribution in [0.3, 0.4) is 0 Å². The lowest BCUT2D eigenvalue weighted by atomic mass is 10.0. The molecule has 0 spiro atoms. The molecule has 19 heavy (non-hydrogen) atoms. The van der Waals surface area contributed by atoms with Gasteiger partial charge in [-0.1, -0.05) is 38.1 Å². The van der Waals surface area contributed by atoms with Crippen molar-refractivity contribution in [3.63, 3.8) is 0 Å². The molecule has 0 amide bonds. The van der Waals surface area contributed by atoms with Crippen LogP contribution in [0.2, 0.25) is 0 Å². The van der Waals surface area contributed by atoms with Gasteiger partial charge in [0, 0.05) is 11.4 Å². The highest BCUT2D eigenvalue weighted by atomic mass is 32.2. The minimum Gasteiger partial charge on any atom is -0.598 e. The van der Waals surface area contributed by atoms with Gasteiger partial charge in [0.25, 0.3) is 0 Å². The van der Waals surface area contributed by atoms with Gasteiger partial charge < -0.3 is 4.55 Å². The van der Waals surface area contributed by atoms with Crippen LogP contribution in [0.4, 0.5) is 0 Å². The van der Waals surface area contributed by atoms with Crippen molar-refractivity contribution < 1.29 is 4.55 Å². The number of benzene rings is 1. The van der Waals surface area contributed by atoms with Gasteiger partial charge in [-0.25, -0.2) is 0 Å². The molecule has 1 aromatic carbocycles. The summed E-state index contributed by atoms with van der Waals surface area (Å²) in [5, 5.41) is 0. The van der Waals surface area contributed by atoms with E-state index < -0.39 is 11.4 Å². The third kappa shape index (κ3) is 5.55. The Balaban J connectivity index is 2.65. The van der Waals surface area contributed by atoms with E-state index in [0.717, 1.165) is 6.42 Å². The molecule has 0 bridgehead atoms. The van der Waals surface area contributed by atoms with E-state index in [1.54, 1.807) is 0 Å². The molecule has 1 aromatic rings. The van der Waals surface area contributed by atoms with Crippen LogP contribution in [0.15, 0.2) is 24.3 Å². The molecular formula is C16H27NOS. The monoisotopic (exact) mass is 281 g/mol. The molecule has 108 valence electrons. The predicted molar refractivity (Wildman–Crippen MR) is 84.4 cm³/mol. The van der Waals surface area contributed by atoms with Crippen LogP contribution in [0.25, 0.3) is 0 Å². The van der Waals surface area contributed by atoms with E-state index in [9.17, 15) is 4.55 Å². The summed E-state index contributed by atoms with van der Waals surface area (Å²) in [6, 6.07) is 8.72. The van der Waals surface area contributed by atoms with E-state index in [1.807, 2.05) is 20.8 Å². The highest BCUT2D eigenvalue weighted by Gasteiger charge is 2.28. The van der Waals surface area contributed by atoms with Crippen LogP contribution in [0, 0.1) is 5.92 Å². The number of hydrogen-bond donors (Lipinski definition) is 1. The largest absolute Gasteiger partial charge is 0.598 e. The Morgan fingerprint density at radius 2 is 1.63 bits per heavy atom. The van der Waals surface area contributed by atoms with Crippen LogP contribution in [-0.2, 0) is 17.8 Å². The fourth-order valence-corrected chi connectivity index (χ4v) is 2.63. The molecule has 0 radical (unpaired) electrons. The van der Waals surface area contributed by atoms with E-state index in [2.05, 4.69) is 49.8 Å². The second-order valence-electron chi connectivity index (χ2n) is 6.56. The standard InChI is InChI=1S/C16H27NOS/c1-12(2)11-14-7-9-15(10-8-14)13(3)17-19(18)16(4,5)6/h7-10,12-13,17H,11H2,1-6H3/t13-,19-/m0/s1. The third-order valence-corrected chi connectivity index (χ3v) is 4.64. The van der Waals surface area contributed by atoms with Crippen LogP contribution < -0.4 is 4.72 Å². The first kappa shape index (κ1) is 16.5. The highest BCUT2D eigenvalue weighted by molar-refractivity contribution is 7.90. The summed E-state index contributed by atoms with van der Waals surface area (Å²) >= 11 is -1.03. The molecule has 0 fully saturated rings. The predicted octanol–water partition coefficient (Wildman–Crippen LogP) is 4.00. The smallest absolute Gasteiger partial charge is 0.136 e. The Hall–Kier alpha value is -0.510. The molecule has 3 heteroatoms. The minimum atomic E-state index is -1.03. The van der Waals surface area contributed by atoms with E-state index in [4.69, 9.17) is 0 Å². The lowest BCUT2D eigenvalue weighted by Crippen LogP contribution is -2.40. The fourth-order valence-electron chi connectivity index (χ4n) is 1.82. The molecule has 1 rings (SSSR count). The summed E-state index contributed by atoms with van der Waals surface area (Å²) in [6.07, 6.45) is 1.11. The summed E-state index contributed by atoms with van der Waals surface area (Å²) in [4.78, 5) is 0. The molecule has 0 aliphatic heterocycles. The first-order valence-electron chi connectivity index (χ1n) is 6.97. The quantitative estimate of drug-likeness (QED) is 0.828. The molecule has 0 heterocycles. The molecule has 0 aromatic heterocycles. The lowest BCUT2D eigenvalue weighted by molar-refractivity contribution is 0.531. The fraction of sp³-hybridized carbons (Fsp3) is 0.625. The molecule has 2 nitrogen and oxygen atoms in total. The second kappa shape index (κ2) is 6.78. The van der Waals surface area contributed by atoms with Crippen LogP contribution in [0.5, 0.6) is 0 Å². The lowest BCUT2D eigenvalue weighted by Gasteiger charge is -2.26. The molecule has 0 unspecified atom stereocenters. The van der Waals surface area contributed by atoms with Gasteiger partial charge in [-0.15, -0.1) is 4.72 Å². The molecule has 0 aliphatic carbocycles. The van der Waals surface area contributed by atoms with Crippen molar-refractivity contribution in [2.45, 2.75) is 58.8 Å². The number of nitrogens with one attached hydrogen (secondary N) is 1. The summed E-state index contributed by atoms with van der Waals surface area (Å²) in [7, 11) is 0. The van der Waals surface area contributed by atoms with Crippen molar-refractivity contribution in [2.75, 3.05) is 0 Å². The SMILES string of the molecule is CC(C)Cc1ccc([C@H](C)N[S@@+]([O-])C(C)(C)C)cc1. The van der Waals surface area contributed by atoms with Crippen LogP contribution in [0.1, 0.15) is 58.7 Å². The molecule has 0 aliphatic rings. The summed E-state index contributed by atoms with van der Waals surface area (Å²) < 4.78 is 15.0. The summed E-state index contributed by atoms with van der Waals surface area (Å²) in [5.41, 5.74) is 2.55. The van der Waals surface area contributed by atoms with Crippen molar-refractivity contribution in [3.05, 3.63) is 35.4 Å². The third-order valence-electron chi connectivity index (χ3n) is 2.96. The van der Waals surface area contributed by atoms with E-state index in [1.165, 1.54) is 11.1 Å². The van der Waals surface area contributed by atoms with Gasteiger partial charge in [0.15, 0.2) is 0 Å². The summed E-state index contributed by atoms with van der Waals surface area (Å²) in [6.45, 7) is 12.5. The first-order valence-corrected chi connectivity index (χ1v) is 8.12. The maximum atomic E-state index is 12.1. The van der Waals surface area contributed by atoms with Crippen molar-refractivity contribution in [1.82, 2.24) is 4.72 Å². The van der Waals surface area contributed by atoms with Crippen LogP contribution in [-0.4, -0.2) is 9.30 Å². The number of rotatable bonds is 5. The van der Waals surface area contributed by atoms with Crippen molar-refractivity contribution >= 4 is 11.4 Å². The van der Waals surface area contributed by atoms with Crippen molar-refractivity contribution in [3.8, 4) is 0 Å². The average molecular weight is 281 g/mol. The van der Waals surface area contributed by atoms with Gasteiger partial charge in [-0.05, 0) is 51.2 Å². The van der Waals surface area contributed by atoms with E-state index >= 15 is 0 Å². The van der Waals surface area contributed by atoms with Gasteiger partial charge in [-0.3, -0.25) is 0 Å². The Kier molecular flexibility index (Phi) is 5.90. The van der Waals surface area contributed by atoms with E-state index in [0.29, 0.717) is 5.92 Å². The zero-order valence-corrected chi connectivity index (χ0v) is 13.8. The van der Waals surface area contributed by atoms with Crippen LogP contribution >= 0.6 is 0 Å². The molecule has 0 saturated carbocycles. The van der Waals surface area contributed by atoms with Gasteiger partial charge >= 0.3 is 0 Å². The zero-order chi connectivity index (χ0) is 14.6. The topological polar surface area (TPSA) is 35.1 Å². The highest BCUT2D eigenvalue weighted by Crippen LogP contribution is 2.20. The van der Waals surface area contributed by atoms with Crippen molar-refractivity contribution in [2.24, 2.45) is 5.92 Å².